The summed E-state index contributed by atoms with van der Waals surface area (Å²) in [5.74, 6) is 0.587. The lowest BCUT2D eigenvalue weighted by Gasteiger charge is -2.13. The van der Waals surface area contributed by atoms with Crippen LogP contribution < -0.4 is 5.32 Å². The minimum atomic E-state index is -0.189. The fourth-order valence-electron chi connectivity index (χ4n) is 1.46. The zero-order chi connectivity index (χ0) is 10.4. The van der Waals surface area contributed by atoms with E-state index in [2.05, 4.69) is 28.2 Å². The van der Waals surface area contributed by atoms with Gasteiger partial charge in [0.15, 0.2) is 0 Å². The van der Waals surface area contributed by atoms with E-state index in [0.29, 0.717) is 5.92 Å². The Balaban J connectivity index is 2.13. The van der Waals surface area contributed by atoms with Gasteiger partial charge in [-0.15, -0.1) is 0 Å². The molecule has 3 nitrogen and oxygen atoms in total. The van der Waals surface area contributed by atoms with Gasteiger partial charge in [-0.25, -0.2) is 0 Å². The predicted molar refractivity (Wildman–Crippen MR) is 59.6 cm³/mol. The van der Waals surface area contributed by atoms with Crippen LogP contribution in [0.3, 0.4) is 0 Å². The molecule has 0 aromatic rings. The van der Waals surface area contributed by atoms with E-state index in [1.165, 1.54) is 0 Å². The summed E-state index contributed by atoms with van der Waals surface area (Å²) in [6, 6.07) is 0. The molecule has 1 aliphatic heterocycles. The maximum Gasteiger partial charge on any atom is 0.249 e. The number of carbonyl (C=O) groups is 1. The highest BCUT2D eigenvalue weighted by molar-refractivity contribution is 9.09. The Bertz CT molecular complexity index is 181. The first kappa shape index (κ1) is 12.0. The highest BCUT2D eigenvalue weighted by Gasteiger charge is 2.23. The lowest BCUT2D eigenvalue weighted by molar-refractivity contribution is -0.130. The fraction of sp³-hybridized carbons (Fsp3) is 0.900. The van der Waals surface area contributed by atoms with Crippen molar-refractivity contribution in [3.8, 4) is 0 Å². The third-order valence-electron chi connectivity index (χ3n) is 2.45. The van der Waals surface area contributed by atoms with E-state index in [-0.39, 0.29) is 12.0 Å². The van der Waals surface area contributed by atoms with Gasteiger partial charge in [0.25, 0.3) is 0 Å². The topological polar surface area (TPSA) is 38.3 Å². The Morgan fingerprint density at radius 3 is 3.07 bits per heavy atom. The summed E-state index contributed by atoms with van der Waals surface area (Å²) in [6.45, 7) is 3.62. The molecule has 82 valence electrons. The number of amides is 1. The molecule has 0 aliphatic carbocycles. The van der Waals surface area contributed by atoms with Crippen LogP contribution in [0.1, 0.15) is 26.2 Å². The second kappa shape index (κ2) is 6.40. The normalized spacial score (nSPS) is 23.4. The minimum absolute atomic E-state index is 0.0592. The van der Waals surface area contributed by atoms with E-state index in [0.717, 1.165) is 37.7 Å². The Hall–Kier alpha value is -0.0900. The molecular formula is C10H18BrNO2. The highest BCUT2D eigenvalue weighted by Crippen LogP contribution is 2.12. The Morgan fingerprint density at radius 1 is 1.71 bits per heavy atom. The van der Waals surface area contributed by atoms with Gasteiger partial charge in [0.2, 0.25) is 5.91 Å². The molecule has 4 heteroatoms. The molecule has 2 unspecified atom stereocenters. The number of rotatable bonds is 5. The second-order valence-corrected chi connectivity index (χ2v) is 4.62. The van der Waals surface area contributed by atoms with Crippen molar-refractivity contribution in [2.45, 2.75) is 32.3 Å². The molecule has 2 atom stereocenters. The van der Waals surface area contributed by atoms with Crippen LogP contribution in [0.5, 0.6) is 0 Å². The first-order chi connectivity index (χ1) is 6.74. The summed E-state index contributed by atoms with van der Waals surface area (Å²) in [5, 5.41) is 3.91. The standard InChI is InChI=1S/C10H18BrNO2/c1-8(4-5-11)7-12-10(13)9-3-2-6-14-9/h8-9H,2-7H2,1H3,(H,12,13). The molecule has 1 heterocycles. The molecule has 1 aliphatic rings. The summed E-state index contributed by atoms with van der Waals surface area (Å²) >= 11 is 3.39. The lowest BCUT2D eigenvalue weighted by Crippen LogP contribution is -2.36. The lowest BCUT2D eigenvalue weighted by atomic mass is 10.1. The Kier molecular flexibility index (Phi) is 5.48. The minimum Gasteiger partial charge on any atom is -0.368 e. The van der Waals surface area contributed by atoms with Gasteiger partial charge in [-0.2, -0.15) is 0 Å². The van der Waals surface area contributed by atoms with Crippen LogP contribution in [0.15, 0.2) is 0 Å². The average Bonchev–Trinajstić information content (AvgIpc) is 2.67. The molecule has 1 saturated heterocycles. The summed E-state index contributed by atoms with van der Waals surface area (Å²) in [7, 11) is 0. The van der Waals surface area contributed by atoms with Crippen molar-refractivity contribution in [2.75, 3.05) is 18.5 Å². The smallest absolute Gasteiger partial charge is 0.249 e. The van der Waals surface area contributed by atoms with E-state index >= 15 is 0 Å². The monoisotopic (exact) mass is 263 g/mol. The number of halogens is 1. The molecule has 1 fully saturated rings. The molecule has 1 rings (SSSR count). The molecule has 1 N–H and O–H groups in total. The molecule has 0 saturated carbocycles. The summed E-state index contributed by atoms with van der Waals surface area (Å²) < 4.78 is 5.29. The number of hydrogen-bond acceptors (Lipinski definition) is 2. The van der Waals surface area contributed by atoms with Crippen molar-refractivity contribution < 1.29 is 9.53 Å². The van der Waals surface area contributed by atoms with Crippen LogP contribution in [-0.2, 0) is 9.53 Å². The average molecular weight is 264 g/mol. The quantitative estimate of drug-likeness (QED) is 0.767. The van der Waals surface area contributed by atoms with Gasteiger partial charge >= 0.3 is 0 Å². The van der Waals surface area contributed by atoms with Gasteiger partial charge in [-0.05, 0) is 25.2 Å². The van der Waals surface area contributed by atoms with Crippen LogP contribution in [-0.4, -0.2) is 30.5 Å². The van der Waals surface area contributed by atoms with Crippen molar-refractivity contribution in [3.05, 3.63) is 0 Å². The first-order valence-corrected chi connectivity index (χ1v) is 6.31. The molecule has 1 amide bonds. The number of hydrogen-bond donors (Lipinski definition) is 1. The largest absolute Gasteiger partial charge is 0.368 e. The summed E-state index contributed by atoms with van der Waals surface area (Å²) in [5.41, 5.74) is 0. The third kappa shape index (κ3) is 3.96. The van der Waals surface area contributed by atoms with Gasteiger partial charge in [0.05, 0.1) is 0 Å². The Labute approximate surface area is 93.7 Å². The molecular weight excluding hydrogens is 246 g/mol. The highest BCUT2D eigenvalue weighted by atomic mass is 79.9. The van der Waals surface area contributed by atoms with Crippen molar-refractivity contribution in [1.82, 2.24) is 5.32 Å². The van der Waals surface area contributed by atoms with Crippen LogP contribution in [0, 0.1) is 5.92 Å². The zero-order valence-corrected chi connectivity index (χ0v) is 10.2. The third-order valence-corrected chi connectivity index (χ3v) is 2.91. The van der Waals surface area contributed by atoms with Crippen LogP contribution in [0.25, 0.3) is 0 Å². The maximum atomic E-state index is 11.5. The molecule has 0 aromatic heterocycles. The summed E-state index contributed by atoms with van der Waals surface area (Å²) in [4.78, 5) is 11.5. The van der Waals surface area contributed by atoms with Gasteiger partial charge < -0.3 is 10.1 Å². The van der Waals surface area contributed by atoms with Crippen LogP contribution in [0.4, 0.5) is 0 Å². The SMILES string of the molecule is CC(CCBr)CNC(=O)C1CCCO1. The first-order valence-electron chi connectivity index (χ1n) is 5.19. The van der Waals surface area contributed by atoms with E-state index in [4.69, 9.17) is 4.74 Å². The number of carbonyl (C=O) groups excluding carboxylic acids is 1. The van der Waals surface area contributed by atoms with Crippen molar-refractivity contribution in [2.24, 2.45) is 5.92 Å². The van der Waals surface area contributed by atoms with E-state index < -0.39 is 0 Å². The van der Waals surface area contributed by atoms with Gasteiger partial charge in [-0.3, -0.25) is 4.79 Å². The number of nitrogens with one attached hydrogen (secondary N) is 1. The second-order valence-electron chi connectivity index (χ2n) is 3.83. The van der Waals surface area contributed by atoms with Crippen molar-refractivity contribution in [3.63, 3.8) is 0 Å². The number of alkyl halides is 1. The van der Waals surface area contributed by atoms with Crippen LogP contribution in [0.2, 0.25) is 0 Å². The zero-order valence-electron chi connectivity index (χ0n) is 8.59. The van der Waals surface area contributed by atoms with E-state index in [9.17, 15) is 4.79 Å². The van der Waals surface area contributed by atoms with E-state index in [1.54, 1.807) is 0 Å². The molecule has 0 spiro atoms. The molecule has 0 radical (unpaired) electrons. The predicted octanol–water partition coefficient (Wildman–Crippen LogP) is 1.70. The fourth-order valence-corrected chi connectivity index (χ4v) is 2.24. The summed E-state index contributed by atoms with van der Waals surface area (Å²) in [6.07, 6.45) is 2.78. The molecule has 14 heavy (non-hydrogen) atoms. The van der Waals surface area contributed by atoms with Crippen molar-refractivity contribution >= 4 is 21.8 Å². The van der Waals surface area contributed by atoms with Gasteiger partial charge in [0.1, 0.15) is 6.10 Å². The molecule has 0 bridgehead atoms. The molecule has 0 aromatic carbocycles. The van der Waals surface area contributed by atoms with Gasteiger partial charge in [-0.1, -0.05) is 22.9 Å². The number of ether oxygens (including phenoxy) is 1. The van der Waals surface area contributed by atoms with E-state index in [1.807, 2.05) is 0 Å². The van der Waals surface area contributed by atoms with Crippen molar-refractivity contribution in [1.29, 1.82) is 0 Å². The Morgan fingerprint density at radius 2 is 2.50 bits per heavy atom. The van der Waals surface area contributed by atoms with Crippen LogP contribution >= 0.6 is 15.9 Å². The van der Waals surface area contributed by atoms with Gasteiger partial charge in [0, 0.05) is 18.5 Å². The maximum absolute atomic E-state index is 11.5.